The number of nitrogens with zero attached hydrogens (tertiary/aromatic N) is 1. The average Bonchev–Trinajstić information content (AvgIpc) is 2.35. The minimum Gasteiger partial charge on any atom is -0.392 e. The fourth-order valence-electron chi connectivity index (χ4n) is 1.55. The first kappa shape index (κ1) is 18.8. The van der Waals surface area contributed by atoms with Crippen molar-refractivity contribution in [1.82, 2.24) is 4.90 Å². The van der Waals surface area contributed by atoms with E-state index in [9.17, 15) is 5.11 Å². The Kier molecular flexibility index (Phi) is 14.1. The maximum absolute atomic E-state index is 9.19. The van der Waals surface area contributed by atoms with E-state index in [0.29, 0.717) is 39.6 Å². The predicted molar refractivity (Wildman–Crippen MR) is 76.5 cm³/mol. The van der Waals surface area contributed by atoms with Crippen LogP contribution in [-0.4, -0.2) is 75.9 Å². The third-order valence-corrected chi connectivity index (χ3v) is 2.58. The minimum absolute atomic E-state index is 0.291. The molecule has 0 heterocycles. The van der Waals surface area contributed by atoms with Gasteiger partial charge in [0, 0.05) is 19.7 Å². The van der Waals surface area contributed by atoms with Crippen LogP contribution in [0.2, 0.25) is 0 Å². The molecule has 0 amide bonds. The van der Waals surface area contributed by atoms with Crippen molar-refractivity contribution in [2.24, 2.45) is 0 Å². The van der Waals surface area contributed by atoms with Gasteiger partial charge >= 0.3 is 0 Å². The zero-order valence-corrected chi connectivity index (χ0v) is 12.8. The van der Waals surface area contributed by atoms with E-state index in [0.717, 1.165) is 26.0 Å². The second kappa shape index (κ2) is 14.2. The van der Waals surface area contributed by atoms with E-state index in [1.165, 1.54) is 0 Å². The number of ether oxygens (including phenoxy) is 3. The molecule has 0 aromatic heterocycles. The summed E-state index contributed by atoms with van der Waals surface area (Å²) in [4.78, 5) is 2.05. The lowest BCUT2D eigenvalue weighted by atomic mass is 10.4. The summed E-state index contributed by atoms with van der Waals surface area (Å²) in [6, 6.07) is 0. The van der Waals surface area contributed by atoms with Gasteiger partial charge in [-0.2, -0.15) is 0 Å². The van der Waals surface area contributed by atoms with Crippen LogP contribution in [-0.2, 0) is 14.2 Å². The Morgan fingerprint density at radius 1 is 0.947 bits per heavy atom. The van der Waals surface area contributed by atoms with Crippen molar-refractivity contribution >= 4 is 0 Å². The maximum atomic E-state index is 9.19. The average molecular weight is 277 g/mol. The Balaban J connectivity index is 3.06. The molecule has 0 spiro atoms. The summed E-state index contributed by atoms with van der Waals surface area (Å²) in [5.41, 5.74) is 0. The smallest absolute Gasteiger partial charge is 0.0701 e. The second-order valence-electron chi connectivity index (χ2n) is 4.80. The molecule has 5 nitrogen and oxygen atoms in total. The topological polar surface area (TPSA) is 51.2 Å². The number of unbranched alkanes of at least 4 members (excludes halogenated alkanes) is 1. The van der Waals surface area contributed by atoms with E-state index in [1.807, 2.05) is 11.9 Å². The van der Waals surface area contributed by atoms with Gasteiger partial charge in [0.05, 0.1) is 39.1 Å². The molecule has 116 valence electrons. The molecule has 0 aromatic rings. The highest BCUT2D eigenvalue weighted by Crippen LogP contribution is 1.89. The molecule has 0 radical (unpaired) electrons. The quantitative estimate of drug-likeness (QED) is 0.483. The summed E-state index contributed by atoms with van der Waals surface area (Å²) in [7, 11) is 1.97. The Bertz CT molecular complexity index is 179. The van der Waals surface area contributed by atoms with Crippen LogP contribution in [0.25, 0.3) is 0 Å². The van der Waals surface area contributed by atoms with E-state index >= 15 is 0 Å². The van der Waals surface area contributed by atoms with Crippen molar-refractivity contribution in [1.29, 1.82) is 0 Å². The molecule has 0 fully saturated rings. The zero-order chi connectivity index (χ0) is 14.3. The molecule has 19 heavy (non-hydrogen) atoms. The zero-order valence-electron chi connectivity index (χ0n) is 12.8. The van der Waals surface area contributed by atoms with Crippen LogP contribution in [0.3, 0.4) is 0 Å². The van der Waals surface area contributed by atoms with Crippen molar-refractivity contribution in [2.75, 3.05) is 59.8 Å². The monoisotopic (exact) mass is 277 g/mol. The molecule has 0 bridgehead atoms. The fourth-order valence-corrected chi connectivity index (χ4v) is 1.55. The van der Waals surface area contributed by atoms with Gasteiger partial charge in [-0.1, -0.05) is 13.3 Å². The highest BCUT2D eigenvalue weighted by molar-refractivity contribution is 4.55. The van der Waals surface area contributed by atoms with Gasteiger partial charge < -0.3 is 24.2 Å². The highest BCUT2D eigenvalue weighted by Gasteiger charge is 2.01. The second-order valence-corrected chi connectivity index (χ2v) is 4.80. The first-order valence-electron chi connectivity index (χ1n) is 7.26. The Morgan fingerprint density at radius 3 is 2.00 bits per heavy atom. The molecular weight excluding hydrogens is 246 g/mol. The van der Waals surface area contributed by atoms with Crippen LogP contribution < -0.4 is 0 Å². The van der Waals surface area contributed by atoms with Gasteiger partial charge in [0.1, 0.15) is 0 Å². The summed E-state index contributed by atoms with van der Waals surface area (Å²) >= 11 is 0. The number of hydrogen-bond acceptors (Lipinski definition) is 5. The normalized spacial score (nSPS) is 13.1. The van der Waals surface area contributed by atoms with Crippen LogP contribution in [0, 0.1) is 0 Å². The van der Waals surface area contributed by atoms with E-state index in [-0.39, 0.29) is 6.10 Å². The molecule has 1 atom stereocenters. The molecule has 1 N–H and O–H groups in total. The number of hydrogen-bond donors (Lipinski definition) is 1. The minimum atomic E-state index is -0.291. The van der Waals surface area contributed by atoms with Gasteiger partial charge in [-0.3, -0.25) is 0 Å². The lowest BCUT2D eigenvalue weighted by Crippen LogP contribution is -2.30. The van der Waals surface area contributed by atoms with Crippen LogP contribution in [0.4, 0.5) is 0 Å². The molecular formula is C14H31NO4. The predicted octanol–water partition coefficient (Wildman–Crippen LogP) is 1.15. The molecule has 0 saturated carbocycles. The highest BCUT2D eigenvalue weighted by atomic mass is 16.5. The third-order valence-electron chi connectivity index (χ3n) is 2.58. The van der Waals surface area contributed by atoms with Gasteiger partial charge in [0.25, 0.3) is 0 Å². The van der Waals surface area contributed by atoms with Gasteiger partial charge in [0.2, 0.25) is 0 Å². The Morgan fingerprint density at radius 2 is 1.47 bits per heavy atom. The fraction of sp³-hybridized carbons (Fsp3) is 1.00. The lowest BCUT2D eigenvalue weighted by molar-refractivity contribution is 0.00972. The first-order chi connectivity index (χ1) is 9.16. The summed E-state index contributed by atoms with van der Waals surface area (Å²) in [6.45, 7) is 9.44. The van der Waals surface area contributed by atoms with Crippen molar-refractivity contribution < 1.29 is 19.3 Å². The lowest BCUT2D eigenvalue weighted by Gasteiger charge is -2.17. The van der Waals surface area contributed by atoms with Gasteiger partial charge in [0.15, 0.2) is 0 Å². The molecule has 0 aromatic carbocycles. The Labute approximate surface area is 117 Å². The van der Waals surface area contributed by atoms with Crippen LogP contribution >= 0.6 is 0 Å². The SMILES string of the molecule is CCCCOCCOCCOCCN(C)CC(C)O. The van der Waals surface area contributed by atoms with E-state index < -0.39 is 0 Å². The Hall–Kier alpha value is -0.200. The number of aliphatic hydroxyl groups is 1. The summed E-state index contributed by atoms with van der Waals surface area (Å²) in [5, 5.41) is 9.19. The number of aliphatic hydroxyl groups excluding tert-OH is 1. The molecule has 0 aliphatic rings. The third kappa shape index (κ3) is 15.7. The summed E-state index contributed by atoms with van der Waals surface area (Å²) < 4.78 is 16.2. The molecule has 0 saturated heterocycles. The molecule has 1 unspecified atom stereocenters. The maximum Gasteiger partial charge on any atom is 0.0701 e. The van der Waals surface area contributed by atoms with Crippen molar-refractivity contribution in [3.05, 3.63) is 0 Å². The number of rotatable bonds is 14. The molecule has 0 aliphatic carbocycles. The van der Waals surface area contributed by atoms with Crippen molar-refractivity contribution in [2.45, 2.75) is 32.8 Å². The molecule has 0 rings (SSSR count). The largest absolute Gasteiger partial charge is 0.392 e. The van der Waals surface area contributed by atoms with Crippen LogP contribution in [0.1, 0.15) is 26.7 Å². The van der Waals surface area contributed by atoms with Gasteiger partial charge in [-0.05, 0) is 20.4 Å². The standard InChI is InChI=1S/C14H31NO4/c1-4-5-7-17-9-11-19-12-10-18-8-6-15(3)13-14(2)16/h14,16H,4-13H2,1-3H3. The van der Waals surface area contributed by atoms with Crippen molar-refractivity contribution in [3.8, 4) is 0 Å². The van der Waals surface area contributed by atoms with E-state index in [1.54, 1.807) is 6.92 Å². The summed E-state index contributed by atoms with van der Waals surface area (Å²) in [5.74, 6) is 0. The van der Waals surface area contributed by atoms with E-state index in [2.05, 4.69) is 6.92 Å². The van der Waals surface area contributed by atoms with Crippen LogP contribution in [0.15, 0.2) is 0 Å². The molecule has 0 aliphatic heterocycles. The first-order valence-corrected chi connectivity index (χ1v) is 7.26. The van der Waals surface area contributed by atoms with Gasteiger partial charge in [-0.15, -0.1) is 0 Å². The summed E-state index contributed by atoms with van der Waals surface area (Å²) in [6.07, 6.45) is 1.99. The number of likely N-dealkylation sites (N-methyl/N-ethyl adjacent to an activating group) is 1. The van der Waals surface area contributed by atoms with Crippen molar-refractivity contribution in [3.63, 3.8) is 0 Å². The molecule has 5 heteroatoms. The van der Waals surface area contributed by atoms with Crippen LogP contribution in [0.5, 0.6) is 0 Å². The van der Waals surface area contributed by atoms with E-state index in [4.69, 9.17) is 14.2 Å². The van der Waals surface area contributed by atoms with Gasteiger partial charge in [-0.25, -0.2) is 0 Å².